The summed E-state index contributed by atoms with van der Waals surface area (Å²) in [5.74, 6) is 0.138. The van der Waals surface area contributed by atoms with E-state index in [-0.39, 0.29) is 11.3 Å². The molecular formula is C6H7OSi. The second-order valence-corrected chi connectivity index (χ2v) is 3.09. The molecule has 1 atom stereocenters. The van der Waals surface area contributed by atoms with Crippen LogP contribution in [0.2, 0.25) is 5.54 Å². The highest BCUT2D eigenvalue weighted by Crippen LogP contribution is 2.07. The van der Waals surface area contributed by atoms with Gasteiger partial charge in [-0.2, -0.15) is 0 Å². The first-order valence-corrected chi connectivity index (χ1v) is 3.76. The molecule has 0 saturated carbocycles. The van der Waals surface area contributed by atoms with E-state index in [4.69, 9.17) is 0 Å². The number of hydrogen-bond acceptors (Lipinski definition) is 1. The zero-order valence-corrected chi connectivity index (χ0v) is 6.72. The van der Waals surface area contributed by atoms with Gasteiger partial charge in [0.05, 0.1) is 0 Å². The van der Waals surface area contributed by atoms with E-state index in [0.717, 1.165) is 10.2 Å². The van der Waals surface area contributed by atoms with Gasteiger partial charge in [-0.25, -0.2) is 0 Å². The third-order valence-corrected chi connectivity index (χ3v) is 2.04. The SMILES string of the molecule is O=C1[C]=CC=CC1[SiH3]. The van der Waals surface area contributed by atoms with Crippen LogP contribution >= 0.6 is 0 Å². The van der Waals surface area contributed by atoms with Crippen LogP contribution in [0.4, 0.5) is 0 Å². The monoisotopic (exact) mass is 123 g/mol. The van der Waals surface area contributed by atoms with E-state index in [9.17, 15) is 4.79 Å². The van der Waals surface area contributed by atoms with Crippen LogP contribution in [-0.4, -0.2) is 16.0 Å². The van der Waals surface area contributed by atoms with Crippen LogP contribution in [0.15, 0.2) is 18.2 Å². The molecule has 0 aliphatic heterocycles. The lowest BCUT2D eigenvalue weighted by Crippen LogP contribution is -2.04. The van der Waals surface area contributed by atoms with Crippen LogP contribution < -0.4 is 0 Å². The highest BCUT2D eigenvalue weighted by Gasteiger charge is 2.06. The van der Waals surface area contributed by atoms with Crippen molar-refractivity contribution < 1.29 is 4.79 Å². The average molecular weight is 123 g/mol. The molecule has 1 rings (SSSR count). The largest absolute Gasteiger partial charge is 0.294 e. The Morgan fingerprint density at radius 2 is 2.50 bits per heavy atom. The topological polar surface area (TPSA) is 17.1 Å². The Balaban J connectivity index is 2.74. The van der Waals surface area contributed by atoms with Crippen molar-refractivity contribution in [3.8, 4) is 0 Å². The van der Waals surface area contributed by atoms with Crippen molar-refractivity contribution in [2.24, 2.45) is 0 Å². The van der Waals surface area contributed by atoms with E-state index in [1.54, 1.807) is 6.08 Å². The standard InChI is InChI=1S/C6H7OSi/c7-5-3-1-2-4-6(5)8/h1-2,4,6H,8H3. The van der Waals surface area contributed by atoms with Gasteiger partial charge < -0.3 is 0 Å². The number of carbonyl (C=O) groups is 1. The predicted octanol–water partition coefficient (Wildman–Crippen LogP) is -0.361. The molecule has 1 radical (unpaired) electrons. The highest BCUT2D eigenvalue weighted by atomic mass is 28.1. The van der Waals surface area contributed by atoms with Gasteiger partial charge in [0.1, 0.15) is 0 Å². The van der Waals surface area contributed by atoms with Gasteiger partial charge in [0.25, 0.3) is 0 Å². The minimum Gasteiger partial charge on any atom is -0.294 e. The first kappa shape index (κ1) is 5.50. The molecule has 0 N–H and O–H groups in total. The Morgan fingerprint density at radius 3 is 2.88 bits per heavy atom. The van der Waals surface area contributed by atoms with Crippen molar-refractivity contribution in [1.82, 2.24) is 0 Å². The summed E-state index contributed by atoms with van der Waals surface area (Å²) in [6.45, 7) is 0. The van der Waals surface area contributed by atoms with E-state index in [2.05, 4.69) is 6.08 Å². The molecule has 1 unspecified atom stereocenters. The van der Waals surface area contributed by atoms with Crippen molar-refractivity contribution >= 4 is 16.0 Å². The fourth-order valence-corrected chi connectivity index (χ4v) is 0.960. The van der Waals surface area contributed by atoms with Gasteiger partial charge in [0.15, 0.2) is 5.78 Å². The van der Waals surface area contributed by atoms with Gasteiger partial charge in [-0.1, -0.05) is 18.2 Å². The number of allylic oxidation sites excluding steroid dienone is 4. The van der Waals surface area contributed by atoms with Crippen molar-refractivity contribution in [2.75, 3.05) is 0 Å². The summed E-state index contributed by atoms with van der Waals surface area (Å²) < 4.78 is 0. The third-order valence-electron chi connectivity index (χ3n) is 1.14. The fourth-order valence-electron chi connectivity index (χ4n) is 0.571. The molecule has 0 fully saturated rings. The Hall–Kier alpha value is -0.633. The molecule has 1 aliphatic carbocycles. The first-order chi connectivity index (χ1) is 3.80. The molecule has 2 heteroatoms. The summed E-state index contributed by atoms with van der Waals surface area (Å²) in [6, 6.07) is 0. The maximum absolute atomic E-state index is 10.6. The summed E-state index contributed by atoms with van der Waals surface area (Å²) in [5.41, 5.74) is 0.181. The second-order valence-electron chi connectivity index (χ2n) is 1.85. The van der Waals surface area contributed by atoms with Crippen molar-refractivity contribution in [3.05, 3.63) is 24.3 Å². The molecule has 0 heterocycles. The second kappa shape index (κ2) is 2.09. The molecule has 41 valence electrons. The lowest BCUT2D eigenvalue weighted by atomic mass is 10.2. The molecule has 0 amide bonds. The summed E-state index contributed by atoms with van der Waals surface area (Å²) in [4.78, 5) is 10.6. The number of hydrogen-bond donors (Lipinski definition) is 0. The molecule has 0 aromatic carbocycles. The van der Waals surface area contributed by atoms with Gasteiger partial charge in [-0.05, 0) is 0 Å². The zero-order valence-electron chi connectivity index (χ0n) is 4.72. The minimum atomic E-state index is 0.138. The van der Waals surface area contributed by atoms with Crippen LogP contribution in [0.3, 0.4) is 0 Å². The predicted molar refractivity (Wildman–Crippen MR) is 35.6 cm³/mol. The molecule has 1 aliphatic rings. The quantitative estimate of drug-likeness (QED) is 0.402. The Bertz CT molecular complexity index is 158. The first-order valence-electron chi connectivity index (χ1n) is 2.61. The molecule has 8 heavy (non-hydrogen) atoms. The zero-order chi connectivity index (χ0) is 5.98. The lowest BCUT2D eigenvalue weighted by molar-refractivity contribution is -0.114. The van der Waals surface area contributed by atoms with Gasteiger partial charge in [-0.15, -0.1) is 0 Å². The Morgan fingerprint density at radius 1 is 1.75 bits per heavy atom. The molecule has 0 bridgehead atoms. The van der Waals surface area contributed by atoms with Crippen molar-refractivity contribution in [3.63, 3.8) is 0 Å². The van der Waals surface area contributed by atoms with E-state index in [0.29, 0.717) is 0 Å². The third kappa shape index (κ3) is 0.952. The minimum absolute atomic E-state index is 0.138. The van der Waals surface area contributed by atoms with Crippen LogP contribution in [-0.2, 0) is 4.79 Å². The van der Waals surface area contributed by atoms with Crippen molar-refractivity contribution in [2.45, 2.75) is 5.54 Å². The van der Waals surface area contributed by atoms with Crippen LogP contribution in [0.1, 0.15) is 0 Å². The van der Waals surface area contributed by atoms with Crippen molar-refractivity contribution in [1.29, 1.82) is 0 Å². The van der Waals surface area contributed by atoms with E-state index in [1.807, 2.05) is 12.2 Å². The maximum atomic E-state index is 10.6. The Kier molecular flexibility index (Phi) is 1.44. The van der Waals surface area contributed by atoms with Crippen LogP contribution in [0, 0.1) is 6.08 Å². The molecule has 0 spiro atoms. The van der Waals surface area contributed by atoms with Gasteiger partial charge in [0, 0.05) is 21.9 Å². The average Bonchev–Trinajstić information content (AvgIpc) is 1.77. The summed E-state index contributed by atoms with van der Waals surface area (Å²) in [6.07, 6.45) is 8.07. The number of rotatable bonds is 0. The van der Waals surface area contributed by atoms with E-state index in [1.165, 1.54) is 0 Å². The molecular weight excluding hydrogens is 116 g/mol. The number of carbonyl (C=O) groups excluding carboxylic acids is 1. The summed E-state index contributed by atoms with van der Waals surface area (Å²) >= 11 is 0. The number of Topliss-reactive ketones (excluding diaryl/α,β-unsaturated/α-hetero) is 1. The number of ketones is 1. The highest BCUT2D eigenvalue weighted by molar-refractivity contribution is 6.27. The Labute approximate surface area is 51.5 Å². The maximum Gasteiger partial charge on any atom is 0.166 e. The molecule has 1 nitrogen and oxygen atoms in total. The van der Waals surface area contributed by atoms with E-state index < -0.39 is 0 Å². The summed E-state index contributed by atoms with van der Waals surface area (Å²) in [5, 5.41) is 0. The fraction of sp³-hybridized carbons (Fsp3) is 0.167. The van der Waals surface area contributed by atoms with Gasteiger partial charge in [0.2, 0.25) is 0 Å². The lowest BCUT2D eigenvalue weighted by Gasteiger charge is -2.00. The van der Waals surface area contributed by atoms with Gasteiger partial charge >= 0.3 is 0 Å². The van der Waals surface area contributed by atoms with Crippen LogP contribution in [0.25, 0.3) is 0 Å². The smallest absolute Gasteiger partial charge is 0.166 e. The molecule has 0 aromatic heterocycles. The normalized spacial score (nSPS) is 27.0. The van der Waals surface area contributed by atoms with E-state index >= 15 is 0 Å². The van der Waals surface area contributed by atoms with Crippen LogP contribution in [0.5, 0.6) is 0 Å². The summed E-state index contributed by atoms with van der Waals surface area (Å²) in [7, 11) is 0.916. The molecule has 0 aromatic rings. The molecule has 0 saturated heterocycles. The van der Waals surface area contributed by atoms with Gasteiger partial charge in [-0.3, -0.25) is 4.79 Å².